The van der Waals surface area contributed by atoms with Gasteiger partial charge in [0, 0.05) is 6.42 Å². The second kappa shape index (κ2) is 13.0. The van der Waals surface area contributed by atoms with E-state index in [1.165, 1.54) is 51.4 Å². The van der Waals surface area contributed by atoms with Crippen molar-refractivity contribution in [3.63, 3.8) is 0 Å². The maximum atomic E-state index is 11.4. The molecule has 0 spiro atoms. The van der Waals surface area contributed by atoms with Crippen molar-refractivity contribution < 1.29 is 5.11 Å². The van der Waals surface area contributed by atoms with Gasteiger partial charge in [0.2, 0.25) is 0 Å². The zero-order valence-corrected chi connectivity index (χ0v) is 24.1. The van der Waals surface area contributed by atoms with E-state index in [2.05, 4.69) is 33.8 Å². The van der Waals surface area contributed by atoms with E-state index in [1.807, 2.05) is 41.5 Å². The Morgan fingerprint density at radius 3 is 2.09 bits per heavy atom. The van der Waals surface area contributed by atoms with Crippen LogP contribution in [0.1, 0.15) is 140 Å². The van der Waals surface area contributed by atoms with Crippen molar-refractivity contribution in [1.82, 2.24) is 0 Å². The normalized spacial score (nSPS) is 43.9. The molecule has 9 atom stereocenters. The molecule has 4 saturated carbocycles. The zero-order chi connectivity index (χ0) is 25.4. The van der Waals surface area contributed by atoms with Gasteiger partial charge in [-0.05, 0) is 97.2 Å². The molecule has 0 aromatic carbocycles. The second-order valence-electron chi connectivity index (χ2n) is 11.6. The van der Waals surface area contributed by atoms with E-state index < -0.39 is 0 Å². The Kier molecular flexibility index (Phi) is 12.0. The van der Waals surface area contributed by atoms with Crippen molar-refractivity contribution in [3.05, 3.63) is 0 Å². The molecule has 0 amide bonds. The van der Waals surface area contributed by atoms with Crippen LogP contribution in [0.15, 0.2) is 0 Å². The molecule has 2 heteroatoms. The fraction of sp³-hybridized carbons (Fsp3) is 0.968. The van der Waals surface area contributed by atoms with E-state index in [4.69, 9.17) is 5.26 Å². The highest BCUT2D eigenvalue weighted by molar-refractivity contribution is 5.14. The summed E-state index contributed by atoms with van der Waals surface area (Å²) in [5.41, 5.74) is 1.16. The summed E-state index contributed by atoms with van der Waals surface area (Å²) < 4.78 is 0. The molecular weight excluding hydrogens is 402 g/mol. The van der Waals surface area contributed by atoms with Crippen LogP contribution in [-0.4, -0.2) is 11.2 Å². The molecule has 194 valence electrons. The van der Waals surface area contributed by atoms with Gasteiger partial charge >= 0.3 is 0 Å². The number of nitriles is 1. The smallest absolute Gasteiger partial charge is 0.0621 e. The molecule has 4 rings (SSSR count). The van der Waals surface area contributed by atoms with Crippen molar-refractivity contribution >= 4 is 0 Å². The van der Waals surface area contributed by atoms with Gasteiger partial charge in [0.1, 0.15) is 0 Å². The predicted molar refractivity (Wildman–Crippen MR) is 144 cm³/mol. The number of hydrogen-bond donors (Lipinski definition) is 1. The molecule has 0 heterocycles. The minimum absolute atomic E-state index is 0.0936. The maximum absolute atomic E-state index is 11.4. The van der Waals surface area contributed by atoms with Crippen molar-refractivity contribution in [2.45, 2.75) is 146 Å². The number of aliphatic hydroxyl groups excluding tert-OH is 1. The fourth-order valence-electron chi connectivity index (χ4n) is 9.10. The summed E-state index contributed by atoms with van der Waals surface area (Å²) in [6.45, 7) is 22.0. The van der Waals surface area contributed by atoms with Crippen LogP contribution in [0, 0.1) is 57.2 Å². The SMILES string of the molecule is CC.CC.CC.C[C@H](CCC#N)C1CCC2C3C(O)CC4(C)CCCCC4(C)C3CCC21C. The lowest BCUT2D eigenvalue weighted by Gasteiger charge is -2.66. The van der Waals surface area contributed by atoms with Crippen molar-refractivity contribution in [2.75, 3.05) is 0 Å². The molecule has 0 bridgehead atoms. The third-order valence-corrected chi connectivity index (χ3v) is 10.8. The fourth-order valence-corrected chi connectivity index (χ4v) is 9.10. The molecule has 4 aliphatic carbocycles. The average molecular weight is 462 g/mol. The van der Waals surface area contributed by atoms with Gasteiger partial charge in [-0.15, -0.1) is 0 Å². The predicted octanol–water partition coefficient (Wildman–Crippen LogP) is 9.41. The van der Waals surface area contributed by atoms with Gasteiger partial charge < -0.3 is 5.11 Å². The number of hydrogen-bond acceptors (Lipinski definition) is 2. The average Bonchev–Trinajstić information content (AvgIpc) is 3.19. The van der Waals surface area contributed by atoms with Gasteiger partial charge in [-0.3, -0.25) is 0 Å². The van der Waals surface area contributed by atoms with E-state index >= 15 is 0 Å². The molecule has 0 saturated heterocycles. The van der Waals surface area contributed by atoms with Gasteiger partial charge in [-0.2, -0.15) is 5.26 Å². The van der Waals surface area contributed by atoms with E-state index in [1.54, 1.807) is 0 Å². The number of fused-ring (bicyclic) bond motifs is 5. The highest BCUT2D eigenvalue weighted by Gasteiger charge is 2.65. The molecule has 1 N–H and O–H groups in total. The number of rotatable bonds is 3. The van der Waals surface area contributed by atoms with E-state index in [0.29, 0.717) is 40.4 Å². The first-order valence-corrected chi connectivity index (χ1v) is 14.8. The lowest BCUT2D eigenvalue weighted by atomic mass is 9.39. The van der Waals surface area contributed by atoms with Gasteiger partial charge in [0.05, 0.1) is 12.2 Å². The highest BCUT2D eigenvalue weighted by atomic mass is 16.3. The molecule has 0 aliphatic heterocycles. The van der Waals surface area contributed by atoms with Crippen LogP contribution in [0.3, 0.4) is 0 Å². The van der Waals surface area contributed by atoms with Crippen LogP contribution in [0.2, 0.25) is 0 Å². The van der Waals surface area contributed by atoms with Crippen molar-refractivity contribution in [3.8, 4) is 6.07 Å². The highest BCUT2D eigenvalue weighted by Crippen LogP contribution is 2.71. The Hall–Kier alpha value is -0.550. The summed E-state index contributed by atoms with van der Waals surface area (Å²) in [4.78, 5) is 0. The first kappa shape index (κ1) is 30.5. The van der Waals surface area contributed by atoms with Crippen molar-refractivity contribution in [2.24, 2.45) is 45.8 Å². The Balaban J connectivity index is 0.000000841. The molecule has 33 heavy (non-hydrogen) atoms. The Morgan fingerprint density at radius 1 is 0.879 bits per heavy atom. The summed E-state index contributed by atoms with van der Waals surface area (Å²) in [6, 6.07) is 2.36. The quantitative estimate of drug-likeness (QED) is 0.455. The molecule has 0 radical (unpaired) electrons. The zero-order valence-electron chi connectivity index (χ0n) is 24.1. The Labute approximate surface area is 208 Å². The van der Waals surface area contributed by atoms with E-state index in [9.17, 15) is 5.11 Å². The van der Waals surface area contributed by atoms with Crippen LogP contribution in [0.25, 0.3) is 0 Å². The lowest BCUT2D eigenvalue weighted by molar-refractivity contribution is -0.198. The van der Waals surface area contributed by atoms with Crippen LogP contribution >= 0.6 is 0 Å². The molecule has 0 aromatic rings. The number of nitrogens with zero attached hydrogens (tertiary/aromatic N) is 1. The monoisotopic (exact) mass is 461 g/mol. The van der Waals surface area contributed by atoms with E-state index in [-0.39, 0.29) is 6.10 Å². The minimum atomic E-state index is -0.0936. The first-order valence-electron chi connectivity index (χ1n) is 14.8. The molecule has 4 fully saturated rings. The molecular formula is C31H59NO. The summed E-state index contributed by atoms with van der Waals surface area (Å²) in [6.07, 6.45) is 13.4. The third-order valence-electron chi connectivity index (χ3n) is 10.8. The Morgan fingerprint density at radius 2 is 1.48 bits per heavy atom. The van der Waals surface area contributed by atoms with Crippen LogP contribution in [-0.2, 0) is 0 Å². The summed E-state index contributed by atoms with van der Waals surface area (Å²) in [5, 5.41) is 20.4. The summed E-state index contributed by atoms with van der Waals surface area (Å²) >= 11 is 0. The standard InChI is InChI=1S/C25H41NO.3C2H6/c1-17(8-7-15-26)18-9-10-19-22-20(11-14-24(18,19)3)25(4)13-6-5-12-23(25,2)16-21(22)27;3*1-2/h17-22,27H,5-14,16H2,1-4H3;3*1-2H3/t17-,18?,19?,20?,21?,22?,23?,24?,25?;;;/m1.../s1. The topological polar surface area (TPSA) is 44.0 Å². The first-order chi connectivity index (χ1) is 15.8. The van der Waals surface area contributed by atoms with Crippen LogP contribution in [0.4, 0.5) is 0 Å². The lowest BCUT2D eigenvalue weighted by Crippen LogP contribution is -2.61. The maximum Gasteiger partial charge on any atom is 0.0621 e. The van der Waals surface area contributed by atoms with Gasteiger partial charge in [0.15, 0.2) is 0 Å². The molecule has 2 nitrogen and oxygen atoms in total. The Bertz CT molecular complexity index is 611. The molecule has 8 unspecified atom stereocenters. The van der Waals surface area contributed by atoms with Gasteiger partial charge in [0.25, 0.3) is 0 Å². The minimum Gasteiger partial charge on any atom is -0.393 e. The molecule has 0 aromatic heterocycles. The van der Waals surface area contributed by atoms with Crippen LogP contribution in [0.5, 0.6) is 0 Å². The third kappa shape index (κ3) is 5.34. The second-order valence-corrected chi connectivity index (χ2v) is 11.6. The summed E-state index contributed by atoms with van der Waals surface area (Å²) in [7, 11) is 0. The van der Waals surface area contributed by atoms with Crippen LogP contribution < -0.4 is 0 Å². The largest absolute Gasteiger partial charge is 0.393 e. The van der Waals surface area contributed by atoms with Crippen molar-refractivity contribution in [1.29, 1.82) is 5.26 Å². The van der Waals surface area contributed by atoms with E-state index in [0.717, 1.165) is 24.7 Å². The van der Waals surface area contributed by atoms with Gasteiger partial charge in [-0.25, -0.2) is 0 Å². The van der Waals surface area contributed by atoms with Gasteiger partial charge in [-0.1, -0.05) is 82.1 Å². The number of aliphatic hydroxyl groups is 1. The molecule has 4 aliphatic rings. The summed E-state index contributed by atoms with van der Waals surface area (Å²) in [5.74, 6) is 3.33.